The summed E-state index contributed by atoms with van der Waals surface area (Å²) >= 11 is 1.55. The summed E-state index contributed by atoms with van der Waals surface area (Å²) in [7, 11) is 0. The number of fused-ring (bicyclic) bond motifs is 2. The number of rotatable bonds is 2. The van der Waals surface area contributed by atoms with E-state index in [2.05, 4.69) is 15.0 Å². The highest BCUT2D eigenvalue weighted by molar-refractivity contribution is 8.00. The van der Waals surface area contributed by atoms with Crippen LogP contribution in [0.5, 0.6) is 0 Å². The lowest BCUT2D eigenvalue weighted by molar-refractivity contribution is -0.149. The highest BCUT2D eigenvalue weighted by Gasteiger charge is 2.55. The average Bonchev–Trinajstić information content (AvgIpc) is 3.10. The molecule has 0 bridgehead atoms. The van der Waals surface area contributed by atoms with Gasteiger partial charge in [0.05, 0.1) is 24.5 Å². The molecule has 4 atom stereocenters. The van der Waals surface area contributed by atoms with Crippen LogP contribution >= 0.6 is 11.8 Å². The lowest BCUT2D eigenvalue weighted by Crippen LogP contribution is -2.30. The maximum absolute atomic E-state index is 11.8. The molecule has 2 aliphatic heterocycles. The Balaban J connectivity index is 1.78. The van der Waals surface area contributed by atoms with E-state index < -0.39 is 5.79 Å². The predicted octanol–water partition coefficient (Wildman–Crippen LogP) is 0.246. The monoisotopic (exact) mass is 324 g/mol. The van der Waals surface area contributed by atoms with E-state index in [-0.39, 0.29) is 35.0 Å². The molecule has 4 heterocycles. The molecule has 2 saturated heterocycles. The molecule has 0 aliphatic carbocycles. The maximum atomic E-state index is 11.8. The molecule has 4 rings (SSSR count). The SMILES string of the molecule is CC1(C)O[C@@H]2[C@H](O1)[C@@H](CO)S[C@H]2n1cnc2c(=O)[nH]cnc21. The molecule has 0 aromatic carbocycles. The van der Waals surface area contributed by atoms with Crippen molar-refractivity contribution in [3.8, 4) is 0 Å². The summed E-state index contributed by atoms with van der Waals surface area (Å²) in [6.07, 6.45) is 2.53. The van der Waals surface area contributed by atoms with E-state index >= 15 is 0 Å². The third-order valence-corrected chi connectivity index (χ3v) is 5.49. The maximum Gasteiger partial charge on any atom is 0.278 e. The number of aliphatic hydroxyl groups is 1. The minimum atomic E-state index is -0.691. The van der Waals surface area contributed by atoms with Crippen molar-refractivity contribution in [1.82, 2.24) is 19.5 Å². The van der Waals surface area contributed by atoms with Gasteiger partial charge in [-0.25, -0.2) is 9.97 Å². The number of thioether (sulfide) groups is 1. The molecule has 22 heavy (non-hydrogen) atoms. The molecule has 0 radical (unpaired) electrons. The molecule has 2 N–H and O–H groups in total. The summed E-state index contributed by atoms with van der Waals surface area (Å²) in [5.41, 5.74) is 0.531. The molecule has 2 fully saturated rings. The Kier molecular flexibility index (Phi) is 3.09. The van der Waals surface area contributed by atoms with E-state index in [1.807, 2.05) is 18.4 Å². The molecule has 0 amide bonds. The number of nitrogens with zero attached hydrogens (tertiary/aromatic N) is 3. The van der Waals surface area contributed by atoms with Gasteiger partial charge in [-0.1, -0.05) is 0 Å². The van der Waals surface area contributed by atoms with Gasteiger partial charge >= 0.3 is 0 Å². The standard InChI is InChI=1S/C13H16N4O4S/c1-13(2)20-8-6(3-18)22-12(9(8)21-13)17-5-16-7-10(17)14-4-15-11(7)19/h4-6,8-9,12,18H,3H2,1-2H3,(H,14,15,19)/t6-,8-,9-,12-/m1/s1. The fraction of sp³-hybridized carbons (Fsp3) is 0.615. The Morgan fingerprint density at radius 3 is 2.95 bits per heavy atom. The van der Waals surface area contributed by atoms with E-state index in [4.69, 9.17) is 9.47 Å². The minimum absolute atomic E-state index is 0.00240. The van der Waals surface area contributed by atoms with Crippen LogP contribution < -0.4 is 5.56 Å². The molecular formula is C13H16N4O4S. The fourth-order valence-corrected chi connectivity index (χ4v) is 4.54. The number of aliphatic hydroxyl groups excluding tert-OH is 1. The first-order valence-electron chi connectivity index (χ1n) is 7.02. The number of imidazole rings is 1. The smallest absolute Gasteiger partial charge is 0.278 e. The van der Waals surface area contributed by atoms with Crippen molar-refractivity contribution in [3.05, 3.63) is 23.0 Å². The van der Waals surface area contributed by atoms with Crippen molar-refractivity contribution in [1.29, 1.82) is 0 Å². The van der Waals surface area contributed by atoms with Crippen LogP contribution in [0.15, 0.2) is 17.4 Å². The third kappa shape index (κ3) is 2.00. The third-order valence-electron chi connectivity index (χ3n) is 3.94. The van der Waals surface area contributed by atoms with Gasteiger partial charge in [0.2, 0.25) is 0 Å². The first kappa shape index (κ1) is 14.2. The van der Waals surface area contributed by atoms with Gasteiger partial charge in [0.15, 0.2) is 17.0 Å². The number of hydrogen-bond donors (Lipinski definition) is 2. The Labute approximate surface area is 129 Å². The zero-order valence-corrected chi connectivity index (χ0v) is 12.9. The van der Waals surface area contributed by atoms with Crippen molar-refractivity contribution < 1.29 is 14.6 Å². The number of H-pyrrole nitrogens is 1. The van der Waals surface area contributed by atoms with Crippen LogP contribution in [-0.2, 0) is 9.47 Å². The summed E-state index contributed by atoms with van der Waals surface area (Å²) in [5, 5.41) is 9.37. The lowest BCUT2D eigenvalue weighted by Gasteiger charge is -2.23. The topological polar surface area (TPSA) is 102 Å². The van der Waals surface area contributed by atoms with Crippen molar-refractivity contribution in [2.45, 2.75) is 42.5 Å². The van der Waals surface area contributed by atoms with Crippen LogP contribution in [0.4, 0.5) is 0 Å². The van der Waals surface area contributed by atoms with Crippen LogP contribution in [0, 0.1) is 0 Å². The molecule has 0 spiro atoms. The second kappa shape index (κ2) is 4.79. The van der Waals surface area contributed by atoms with Crippen LogP contribution in [0.2, 0.25) is 0 Å². The zero-order valence-electron chi connectivity index (χ0n) is 12.1. The second-order valence-corrected chi connectivity index (χ2v) is 7.23. The molecular weight excluding hydrogens is 308 g/mol. The minimum Gasteiger partial charge on any atom is -0.395 e. The van der Waals surface area contributed by atoms with Gasteiger partial charge in [0, 0.05) is 0 Å². The molecule has 118 valence electrons. The number of aromatic amines is 1. The molecule has 0 unspecified atom stereocenters. The number of aromatic nitrogens is 4. The first-order valence-corrected chi connectivity index (χ1v) is 7.96. The van der Waals surface area contributed by atoms with E-state index in [0.29, 0.717) is 11.2 Å². The molecule has 2 aliphatic rings. The van der Waals surface area contributed by atoms with E-state index in [1.165, 1.54) is 6.33 Å². The second-order valence-electron chi connectivity index (χ2n) is 5.87. The van der Waals surface area contributed by atoms with Crippen LogP contribution in [0.1, 0.15) is 19.2 Å². The summed E-state index contributed by atoms with van der Waals surface area (Å²) in [6, 6.07) is 0. The summed E-state index contributed by atoms with van der Waals surface area (Å²) in [6.45, 7) is 3.72. The first-order chi connectivity index (χ1) is 10.5. The van der Waals surface area contributed by atoms with Gasteiger partial charge in [0.25, 0.3) is 5.56 Å². The molecule has 8 nitrogen and oxygen atoms in total. The van der Waals surface area contributed by atoms with Gasteiger partial charge in [-0.15, -0.1) is 11.8 Å². The summed E-state index contributed by atoms with van der Waals surface area (Å²) in [5.74, 6) is -0.691. The van der Waals surface area contributed by atoms with Crippen molar-refractivity contribution in [3.63, 3.8) is 0 Å². The highest BCUT2D eigenvalue weighted by Crippen LogP contribution is 2.51. The molecule has 2 aromatic rings. The predicted molar refractivity (Wildman–Crippen MR) is 79.5 cm³/mol. The van der Waals surface area contributed by atoms with Crippen LogP contribution in [0.25, 0.3) is 11.2 Å². The van der Waals surface area contributed by atoms with Crippen molar-refractivity contribution >= 4 is 22.9 Å². The quantitative estimate of drug-likeness (QED) is 0.816. The van der Waals surface area contributed by atoms with Gasteiger partial charge in [-0.2, -0.15) is 0 Å². The van der Waals surface area contributed by atoms with Crippen LogP contribution in [-0.4, -0.2) is 54.5 Å². The average molecular weight is 324 g/mol. The van der Waals surface area contributed by atoms with Gasteiger partial charge in [-0.05, 0) is 13.8 Å². The molecule has 9 heteroatoms. The largest absolute Gasteiger partial charge is 0.395 e. The Hall–Kier alpha value is -1.42. The normalized spacial score (nSPS) is 33.4. The number of hydrogen-bond acceptors (Lipinski definition) is 7. The van der Waals surface area contributed by atoms with Crippen molar-refractivity contribution in [2.24, 2.45) is 0 Å². The van der Waals surface area contributed by atoms with Gasteiger partial charge < -0.3 is 19.6 Å². The fourth-order valence-electron chi connectivity index (χ4n) is 3.08. The highest BCUT2D eigenvalue weighted by atomic mass is 32.2. The Bertz CT molecular complexity index is 773. The molecule has 2 aromatic heterocycles. The number of nitrogens with one attached hydrogen (secondary N) is 1. The zero-order chi connectivity index (χ0) is 15.5. The van der Waals surface area contributed by atoms with E-state index in [1.54, 1.807) is 18.1 Å². The lowest BCUT2D eigenvalue weighted by atomic mass is 10.1. The Morgan fingerprint density at radius 2 is 2.18 bits per heavy atom. The van der Waals surface area contributed by atoms with Crippen molar-refractivity contribution in [2.75, 3.05) is 6.61 Å². The number of ether oxygens (including phenoxy) is 2. The van der Waals surface area contributed by atoms with Gasteiger partial charge in [0.1, 0.15) is 17.6 Å². The van der Waals surface area contributed by atoms with E-state index in [0.717, 1.165) is 0 Å². The van der Waals surface area contributed by atoms with E-state index in [9.17, 15) is 9.90 Å². The summed E-state index contributed by atoms with van der Waals surface area (Å²) in [4.78, 5) is 22.7. The Morgan fingerprint density at radius 1 is 1.41 bits per heavy atom. The van der Waals surface area contributed by atoms with Crippen LogP contribution in [0.3, 0.4) is 0 Å². The summed E-state index contributed by atoms with van der Waals surface area (Å²) < 4.78 is 13.7. The molecule has 0 saturated carbocycles. The van der Waals surface area contributed by atoms with Gasteiger partial charge in [-0.3, -0.25) is 9.36 Å².